The SMILES string of the molecule is COc1ccc(S(=O)(=O)Nc2ccc3c(c2)C(=O)N([C@@H](C)CO)C[C@@H](C)[C@@H](CN(C)C(=O)Nc2cccc4ccccc24)O3)cc1. The number of rotatable bonds is 9. The van der Waals surface area contributed by atoms with E-state index < -0.39 is 28.1 Å². The number of aliphatic hydroxyl groups is 1. The van der Waals surface area contributed by atoms with Crippen LogP contribution in [0.15, 0.2) is 89.8 Å². The summed E-state index contributed by atoms with van der Waals surface area (Å²) >= 11 is 0. The minimum Gasteiger partial charge on any atom is -0.497 e. The van der Waals surface area contributed by atoms with Crippen LogP contribution in [-0.4, -0.2) is 81.3 Å². The Morgan fingerprint density at radius 3 is 2.52 bits per heavy atom. The molecule has 0 saturated carbocycles. The highest BCUT2D eigenvalue weighted by Gasteiger charge is 2.34. The number of nitrogens with one attached hydrogen (secondary N) is 2. The minimum atomic E-state index is -3.98. The highest BCUT2D eigenvalue weighted by atomic mass is 32.2. The second-order valence-corrected chi connectivity index (χ2v) is 13.1. The molecule has 12 heteroatoms. The third-order valence-corrected chi connectivity index (χ3v) is 9.52. The number of aliphatic hydroxyl groups excluding tert-OH is 1. The molecular weight excluding hydrogens is 608 g/mol. The summed E-state index contributed by atoms with van der Waals surface area (Å²) in [5.74, 6) is 0.120. The highest BCUT2D eigenvalue weighted by Crippen LogP contribution is 2.32. The average Bonchev–Trinajstić information content (AvgIpc) is 3.06. The lowest BCUT2D eigenvalue weighted by molar-refractivity contribution is 0.0371. The lowest BCUT2D eigenvalue weighted by Gasteiger charge is -2.38. The quantitative estimate of drug-likeness (QED) is 0.232. The molecule has 0 aromatic heterocycles. The first-order chi connectivity index (χ1) is 22.0. The topological polar surface area (TPSA) is 138 Å². The first kappa shape index (κ1) is 32.6. The predicted molar refractivity (Wildman–Crippen MR) is 177 cm³/mol. The molecule has 0 unspecified atom stereocenters. The van der Waals surface area contributed by atoms with Gasteiger partial charge in [-0.05, 0) is 60.8 Å². The van der Waals surface area contributed by atoms with Crippen molar-refractivity contribution in [3.05, 3.63) is 90.5 Å². The van der Waals surface area contributed by atoms with Crippen molar-refractivity contribution in [3.63, 3.8) is 0 Å². The summed E-state index contributed by atoms with van der Waals surface area (Å²) in [5.41, 5.74) is 0.986. The molecule has 11 nitrogen and oxygen atoms in total. The van der Waals surface area contributed by atoms with Crippen molar-refractivity contribution in [2.45, 2.75) is 30.9 Å². The number of carbonyl (C=O) groups is 2. The molecule has 4 aromatic carbocycles. The third kappa shape index (κ3) is 7.03. The van der Waals surface area contributed by atoms with Crippen molar-refractivity contribution >= 4 is 44.1 Å². The fourth-order valence-corrected chi connectivity index (χ4v) is 6.42. The highest BCUT2D eigenvalue weighted by molar-refractivity contribution is 7.92. The Morgan fingerprint density at radius 1 is 1.09 bits per heavy atom. The lowest BCUT2D eigenvalue weighted by atomic mass is 9.99. The van der Waals surface area contributed by atoms with Crippen LogP contribution < -0.4 is 19.5 Å². The maximum Gasteiger partial charge on any atom is 0.321 e. The van der Waals surface area contributed by atoms with Crippen LogP contribution in [0.5, 0.6) is 11.5 Å². The zero-order valence-corrected chi connectivity index (χ0v) is 27.0. The number of urea groups is 1. The summed E-state index contributed by atoms with van der Waals surface area (Å²) in [7, 11) is -0.817. The molecule has 1 aliphatic heterocycles. The summed E-state index contributed by atoms with van der Waals surface area (Å²) in [4.78, 5) is 30.2. The van der Waals surface area contributed by atoms with Gasteiger partial charge in [-0.3, -0.25) is 9.52 Å². The molecule has 0 bridgehead atoms. The van der Waals surface area contributed by atoms with Crippen molar-refractivity contribution in [2.24, 2.45) is 5.92 Å². The lowest BCUT2D eigenvalue weighted by Crippen LogP contribution is -2.50. The van der Waals surface area contributed by atoms with E-state index in [1.54, 1.807) is 37.1 Å². The zero-order valence-electron chi connectivity index (χ0n) is 26.1. The molecule has 0 spiro atoms. The monoisotopic (exact) mass is 646 g/mol. The Hall–Kier alpha value is -4.81. The first-order valence-electron chi connectivity index (χ1n) is 14.9. The Balaban J connectivity index is 1.40. The van der Waals surface area contributed by atoms with Crippen molar-refractivity contribution in [1.29, 1.82) is 0 Å². The molecular formula is C34H38N4O7S. The van der Waals surface area contributed by atoms with E-state index in [-0.39, 0.29) is 53.5 Å². The van der Waals surface area contributed by atoms with Crippen LogP contribution in [0.1, 0.15) is 24.2 Å². The molecule has 0 aliphatic carbocycles. The number of hydrogen-bond acceptors (Lipinski definition) is 7. The van der Waals surface area contributed by atoms with Gasteiger partial charge in [0.15, 0.2) is 0 Å². The molecule has 1 heterocycles. The van der Waals surface area contributed by atoms with Gasteiger partial charge in [-0.25, -0.2) is 13.2 Å². The number of amides is 3. The van der Waals surface area contributed by atoms with Gasteiger partial charge in [0.05, 0.1) is 42.4 Å². The molecule has 0 saturated heterocycles. The fourth-order valence-electron chi connectivity index (χ4n) is 5.37. The van der Waals surface area contributed by atoms with Gasteiger partial charge < -0.3 is 29.7 Å². The number of benzene rings is 4. The number of ether oxygens (including phenoxy) is 2. The van der Waals surface area contributed by atoms with Crippen LogP contribution in [0, 0.1) is 5.92 Å². The van der Waals surface area contributed by atoms with Gasteiger partial charge in [0.1, 0.15) is 17.6 Å². The first-order valence-corrected chi connectivity index (χ1v) is 16.4. The summed E-state index contributed by atoms with van der Waals surface area (Å²) in [6.45, 7) is 3.83. The van der Waals surface area contributed by atoms with Crippen LogP contribution in [-0.2, 0) is 10.0 Å². The molecule has 242 valence electrons. The third-order valence-electron chi connectivity index (χ3n) is 8.12. The van der Waals surface area contributed by atoms with E-state index in [4.69, 9.17) is 9.47 Å². The van der Waals surface area contributed by atoms with E-state index in [1.807, 2.05) is 49.4 Å². The standard InChI is InChI=1S/C34H38N4O7S/c1-22-19-38(23(2)21-39)33(40)29-18-25(36-46(42,43)27-15-13-26(44-4)14-16-27)12-17-31(29)45-32(22)20-37(3)34(41)35-30-11-7-9-24-8-5-6-10-28(24)30/h5-18,22-23,32,36,39H,19-21H2,1-4H3,(H,35,41)/t22-,23+,32-/m1/s1. The van der Waals surface area contributed by atoms with Crippen molar-refractivity contribution in [1.82, 2.24) is 9.80 Å². The van der Waals surface area contributed by atoms with Crippen molar-refractivity contribution < 1.29 is 32.6 Å². The van der Waals surface area contributed by atoms with E-state index in [2.05, 4.69) is 10.0 Å². The number of methoxy groups -OCH3 is 1. The van der Waals surface area contributed by atoms with Crippen LogP contribution in [0.25, 0.3) is 10.8 Å². The van der Waals surface area contributed by atoms with Crippen LogP contribution in [0.3, 0.4) is 0 Å². The largest absolute Gasteiger partial charge is 0.497 e. The van der Waals surface area contributed by atoms with Gasteiger partial charge in [0.25, 0.3) is 15.9 Å². The summed E-state index contributed by atoms with van der Waals surface area (Å²) in [5, 5.41) is 14.9. The number of hydrogen-bond donors (Lipinski definition) is 3. The van der Waals surface area contributed by atoms with E-state index >= 15 is 0 Å². The maximum atomic E-state index is 13.8. The number of fused-ring (bicyclic) bond motifs is 2. The molecule has 3 atom stereocenters. The molecule has 46 heavy (non-hydrogen) atoms. The van der Waals surface area contributed by atoms with Crippen LogP contribution in [0.4, 0.5) is 16.2 Å². The number of likely N-dealkylation sites (N-methyl/N-ethyl adjacent to an activating group) is 1. The smallest absolute Gasteiger partial charge is 0.321 e. The minimum absolute atomic E-state index is 0.0249. The molecule has 3 amide bonds. The second-order valence-electron chi connectivity index (χ2n) is 11.5. The molecule has 0 fully saturated rings. The zero-order chi connectivity index (χ0) is 33.0. The summed E-state index contributed by atoms with van der Waals surface area (Å²) < 4.78 is 40.3. The van der Waals surface area contributed by atoms with Gasteiger partial charge >= 0.3 is 6.03 Å². The molecule has 5 rings (SSSR count). The van der Waals surface area contributed by atoms with Gasteiger partial charge in [0.2, 0.25) is 0 Å². The molecule has 3 N–H and O–H groups in total. The number of nitrogens with zero attached hydrogens (tertiary/aromatic N) is 2. The Labute approximate surface area is 268 Å². The second kappa shape index (κ2) is 13.7. The fraction of sp³-hybridized carbons (Fsp3) is 0.294. The van der Waals surface area contributed by atoms with Gasteiger partial charge in [-0.1, -0.05) is 43.3 Å². The van der Waals surface area contributed by atoms with E-state index in [0.29, 0.717) is 11.4 Å². The number of sulfonamides is 1. The van der Waals surface area contributed by atoms with Crippen LogP contribution >= 0.6 is 0 Å². The Bertz CT molecular complexity index is 1830. The normalized spacial score (nSPS) is 17.2. The summed E-state index contributed by atoms with van der Waals surface area (Å²) in [6.07, 6.45) is -0.537. The van der Waals surface area contributed by atoms with Gasteiger partial charge in [0, 0.05) is 30.6 Å². The van der Waals surface area contributed by atoms with E-state index in [1.165, 1.54) is 36.3 Å². The average molecular weight is 647 g/mol. The van der Waals surface area contributed by atoms with E-state index in [0.717, 1.165) is 10.8 Å². The number of anilines is 2. The predicted octanol–water partition coefficient (Wildman–Crippen LogP) is 5.03. The van der Waals surface area contributed by atoms with Crippen molar-refractivity contribution in [2.75, 3.05) is 43.9 Å². The maximum absolute atomic E-state index is 13.8. The number of carbonyl (C=O) groups excluding carboxylic acids is 2. The van der Waals surface area contributed by atoms with Gasteiger partial charge in [-0.15, -0.1) is 0 Å². The molecule has 1 aliphatic rings. The molecule has 0 radical (unpaired) electrons. The van der Waals surface area contributed by atoms with Crippen LogP contribution in [0.2, 0.25) is 0 Å². The summed E-state index contributed by atoms with van der Waals surface area (Å²) in [6, 6.07) is 23.1. The Kier molecular flexibility index (Phi) is 9.68. The molecule has 4 aromatic rings. The van der Waals surface area contributed by atoms with Gasteiger partial charge in [-0.2, -0.15) is 0 Å². The van der Waals surface area contributed by atoms with Crippen molar-refractivity contribution in [3.8, 4) is 11.5 Å². The Morgan fingerprint density at radius 2 is 1.80 bits per heavy atom. The van der Waals surface area contributed by atoms with E-state index in [9.17, 15) is 23.1 Å².